The lowest BCUT2D eigenvalue weighted by atomic mass is 10.1. The Morgan fingerprint density at radius 1 is 1.47 bits per heavy atom. The van der Waals surface area contributed by atoms with Crippen LogP contribution >= 0.6 is 15.9 Å². The molecule has 19 heavy (non-hydrogen) atoms. The Hall–Kier alpha value is -1.17. The molecule has 0 radical (unpaired) electrons. The minimum atomic E-state index is 0.0645. The van der Waals surface area contributed by atoms with Gasteiger partial charge in [-0.25, -0.2) is 4.98 Å². The van der Waals surface area contributed by atoms with Crippen LogP contribution < -0.4 is 5.32 Å². The highest BCUT2D eigenvalue weighted by Gasteiger charge is 2.20. The fourth-order valence-electron chi connectivity index (χ4n) is 2.36. The molecule has 2 heterocycles. The molecule has 0 amide bonds. The number of rotatable bonds is 2. The van der Waals surface area contributed by atoms with Gasteiger partial charge < -0.3 is 14.6 Å². The molecule has 1 aliphatic rings. The molecule has 1 aliphatic heterocycles. The number of ether oxygens (including phenoxy) is 1. The first-order chi connectivity index (χ1) is 9.27. The smallest absolute Gasteiger partial charge is 0.112 e. The van der Waals surface area contributed by atoms with Crippen LogP contribution in [0.1, 0.15) is 17.4 Å². The van der Waals surface area contributed by atoms with Gasteiger partial charge in [0.15, 0.2) is 0 Å². The first kappa shape index (κ1) is 12.8. The molecule has 0 spiro atoms. The predicted molar refractivity (Wildman–Crippen MR) is 77.6 cm³/mol. The molecule has 100 valence electrons. The summed E-state index contributed by atoms with van der Waals surface area (Å²) in [7, 11) is 0. The van der Waals surface area contributed by atoms with Gasteiger partial charge in [-0.1, -0.05) is 22.0 Å². The summed E-state index contributed by atoms with van der Waals surface area (Å²) in [5, 5.41) is 3.35. The van der Waals surface area contributed by atoms with Gasteiger partial charge in [0.2, 0.25) is 0 Å². The number of aromatic nitrogens is 2. The van der Waals surface area contributed by atoms with E-state index in [-0.39, 0.29) is 6.10 Å². The molecule has 0 aliphatic carbocycles. The van der Waals surface area contributed by atoms with Gasteiger partial charge in [-0.05, 0) is 24.6 Å². The summed E-state index contributed by atoms with van der Waals surface area (Å²) in [6.45, 7) is 4.59. The minimum absolute atomic E-state index is 0.0645. The van der Waals surface area contributed by atoms with Gasteiger partial charge in [-0.15, -0.1) is 0 Å². The molecule has 0 bridgehead atoms. The first-order valence-corrected chi connectivity index (χ1v) is 7.16. The van der Waals surface area contributed by atoms with Crippen molar-refractivity contribution in [3.8, 4) is 5.69 Å². The lowest BCUT2D eigenvalue weighted by Crippen LogP contribution is -2.34. The van der Waals surface area contributed by atoms with Gasteiger partial charge in [0.05, 0.1) is 30.5 Å². The monoisotopic (exact) mass is 321 g/mol. The van der Waals surface area contributed by atoms with Crippen molar-refractivity contribution in [3.63, 3.8) is 0 Å². The van der Waals surface area contributed by atoms with Gasteiger partial charge in [-0.3, -0.25) is 0 Å². The molecule has 2 aromatic rings. The Morgan fingerprint density at radius 2 is 2.37 bits per heavy atom. The predicted octanol–water partition coefficient (Wildman–Crippen LogP) is 2.60. The Morgan fingerprint density at radius 3 is 3.16 bits per heavy atom. The normalized spacial score (nSPS) is 19.6. The van der Waals surface area contributed by atoms with Crippen molar-refractivity contribution in [3.05, 3.63) is 46.5 Å². The minimum Gasteiger partial charge on any atom is -0.369 e. The van der Waals surface area contributed by atoms with E-state index in [0.717, 1.165) is 35.6 Å². The second kappa shape index (κ2) is 5.45. The quantitative estimate of drug-likeness (QED) is 0.924. The van der Waals surface area contributed by atoms with Crippen LogP contribution in [-0.4, -0.2) is 29.2 Å². The van der Waals surface area contributed by atoms with Crippen molar-refractivity contribution >= 4 is 15.9 Å². The fraction of sp³-hybridized carbons (Fsp3) is 0.357. The highest BCUT2D eigenvalue weighted by atomic mass is 79.9. The third-order valence-electron chi connectivity index (χ3n) is 3.42. The third-order valence-corrected chi connectivity index (χ3v) is 4.28. The molecule has 5 heteroatoms. The van der Waals surface area contributed by atoms with E-state index in [2.05, 4.69) is 43.8 Å². The average Bonchev–Trinajstić information content (AvgIpc) is 2.92. The molecule has 1 aromatic heterocycles. The van der Waals surface area contributed by atoms with E-state index in [1.165, 1.54) is 5.56 Å². The SMILES string of the molecule is Cc1c(Br)cccc1-n1cncc1C1CNCCO1. The van der Waals surface area contributed by atoms with Crippen LogP contribution in [0.2, 0.25) is 0 Å². The number of benzene rings is 1. The van der Waals surface area contributed by atoms with Crippen LogP contribution in [0.3, 0.4) is 0 Å². The number of hydrogen-bond acceptors (Lipinski definition) is 3. The van der Waals surface area contributed by atoms with E-state index < -0.39 is 0 Å². The van der Waals surface area contributed by atoms with Crippen LogP contribution in [0.25, 0.3) is 5.69 Å². The lowest BCUT2D eigenvalue weighted by molar-refractivity contribution is 0.0240. The zero-order chi connectivity index (χ0) is 13.2. The summed E-state index contributed by atoms with van der Waals surface area (Å²) >= 11 is 3.57. The molecule has 4 nitrogen and oxygen atoms in total. The van der Waals surface area contributed by atoms with Crippen molar-refractivity contribution < 1.29 is 4.74 Å². The molecule has 1 fully saturated rings. The molecule has 1 aromatic carbocycles. The Bertz CT molecular complexity index is 576. The van der Waals surface area contributed by atoms with E-state index in [4.69, 9.17) is 4.74 Å². The van der Waals surface area contributed by atoms with Crippen LogP contribution in [0.15, 0.2) is 35.2 Å². The lowest BCUT2D eigenvalue weighted by Gasteiger charge is -2.25. The topological polar surface area (TPSA) is 39.1 Å². The summed E-state index contributed by atoms with van der Waals surface area (Å²) in [6.07, 6.45) is 3.80. The van der Waals surface area contributed by atoms with Crippen LogP contribution in [0.5, 0.6) is 0 Å². The Labute approximate surface area is 120 Å². The van der Waals surface area contributed by atoms with E-state index >= 15 is 0 Å². The van der Waals surface area contributed by atoms with Gasteiger partial charge >= 0.3 is 0 Å². The highest BCUT2D eigenvalue weighted by molar-refractivity contribution is 9.10. The number of nitrogens with zero attached hydrogens (tertiary/aromatic N) is 2. The number of hydrogen-bond donors (Lipinski definition) is 1. The van der Waals surface area contributed by atoms with Gasteiger partial charge in [-0.2, -0.15) is 0 Å². The Kier molecular flexibility index (Phi) is 3.68. The molecule has 1 atom stereocenters. The number of morpholine rings is 1. The van der Waals surface area contributed by atoms with Crippen LogP contribution in [0.4, 0.5) is 0 Å². The average molecular weight is 322 g/mol. The molecule has 0 saturated carbocycles. The first-order valence-electron chi connectivity index (χ1n) is 6.37. The van der Waals surface area contributed by atoms with Crippen molar-refractivity contribution in [2.75, 3.05) is 19.7 Å². The zero-order valence-corrected chi connectivity index (χ0v) is 12.4. The molecule has 3 rings (SSSR count). The van der Waals surface area contributed by atoms with E-state index in [1.54, 1.807) is 0 Å². The number of halogens is 1. The highest BCUT2D eigenvalue weighted by Crippen LogP contribution is 2.27. The maximum absolute atomic E-state index is 5.82. The summed E-state index contributed by atoms with van der Waals surface area (Å²) < 4.78 is 9.03. The van der Waals surface area contributed by atoms with Crippen molar-refractivity contribution in [1.29, 1.82) is 0 Å². The molecule has 1 unspecified atom stereocenters. The maximum Gasteiger partial charge on any atom is 0.112 e. The zero-order valence-electron chi connectivity index (χ0n) is 10.8. The fourth-order valence-corrected chi connectivity index (χ4v) is 2.71. The van der Waals surface area contributed by atoms with Crippen molar-refractivity contribution in [1.82, 2.24) is 14.9 Å². The largest absolute Gasteiger partial charge is 0.369 e. The molecular formula is C14H16BrN3O. The molecular weight excluding hydrogens is 306 g/mol. The molecule has 1 N–H and O–H groups in total. The maximum atomic E-state index is 5.82. The van der Waals surface area contributed by atoms with Gasteiger partial charge in [0.25, 0.3) is 0 Å². The number of nitrogens with one attached hydrogen (secondary N) is 1. The summed E-state index contributed by atoms with van der Waals surface area (Å²) in [6, 6.07) is 6.19. The Balaban J connectivity index is 2.01. The number of imidazole rings is 1. The van der Waals surface area contributed by atoms with Crippen LogP contribution in [0, 0.1) is 6.92 Å². The van der Waals surface area contributed by atoms with E-state index in [9.17, 15) is 0 Å². The van der Waals surface area contributed by atoms with Crippen molar-refractivity contribution in [2.24, 2.45) is 0 Å². The molecule has 1 saturated heterocycles. The van der Waals surface area contributed by atoms with E-state index in [1.807, 2.05) is 24.7 Å². The van der Waals surface area contributed by atoms with Crippen LogP contribution in [-0.2, 0) is 4.74 Å². The van der Waals surface area contributed by atoms with Crippen molar-refractivity contribution in [2.45, 2.75) is 13.0 Å². The summed E-state index contributed by atoms with van der Waals surface area (Å²) in [4.78, 5) is 4.28. The third kappa shape index (κ3) is 2.45. The van der Waals surface area contributed by atoms with Gasteiger partial charge in [0.1, 0.15) is 6.10 Å². The van der Waals surface area contributed by atoms with E-state index in [0.29, 0.717) is 0 Å². The second-order valence-electron chi connectivity index (χ2n) is 4.64. The second-order valence-corrected chi connectivity index (χ2v) is 5.49. The standard InChI is InChI=1S/C14H16BrN3O/c1-10-11(15)3-2-4-12(10)18-9-17-7-13(18)14-8-16-5-6-19-14/h2-4,7,9,14,16H,5-6,8H2,1H3. The summed E-state index contributed by atoms with van der Waals surface area (Å²) in [5.74, 6) is 0. The summed E-state index contributed by atoms with van der Waals surface area (Å²) in [5.41, 5.74) is 3.43. The van der Waals surface area contributed by atoms with Gasteiger partial charge in [0, 0.05) is 17.6 Å².